The van der Waals surface area contributed by atoms with Crippen LogP contribution in [0.1, 0.15) is 0 Å². The molecule has 0 aliphatic carbocycles. The molecule has 94 valence electrons. The highest BCUT2D eigenvalue weighted by atomic mass is 35.5. The van der Waals surface area contributed by atoms with E-state index in [0.29, 0.717) is 0 Å². The van der Waals surface area contributed by atoms with Gasteiger partial charge in [-0.2, -0.15) is 0 Å². The lowest BCUT2D eigenvalue weighted by Crippen LogP contribution is -2.14. The number of anilines is 1. The van der Waals surface area contributed by atoms with Gasteiger partial charge in [0.05, 0.1) is 17.4 Å². The maximum Gasteiger partial charge on any atom is 0.264 e. The van der Waals surface area contributed by atoms with Gasteiger partial charge >= 0.3 is 0 Å². The summed E-state index contributed by atoms with van der Waals surface area (Å²) in [7, 11) is -3.78. The number of benzene rings is 1. The number of rotatable bonds is 3. The van der Waals surface area contributed by atoms with Crippen LogP contribution in [0.3, 0.4) is 0 Å². The largest absolute Gasteiger partial charge is 0.264 e. The Bertz CT molecular complexity index is 659. The van der Waals surface area contributed by atoms with Crippen LogP contribution >= 0.6 is 23.2 Å². The molecule has 1 aromatic heterocycles. The summed E-state index contributed by atoms with van der Waals surface area (Å²) < 4.78 is 26.3. The molecule has 18 heavy (non-hydrogen) atoms. The van der Waals surface area contributed by atoms with E-state index in [9.17, 15) is 8.42 Å². The van der Waals surface area contributed by atoms with Crippen LogP contribution in [0.5, 0.6) is 0 Å². The summed E-state index contributed by atoms with van der Waals surface area (Å²) in [5.74, 6) is 0.0688. The van der Waals surface area contributed by atoms with Gasteiger partial charge < -0.3 is 0 Å². The van der Waals surface area contributed by atoms with Gasteiger partial charge in [0, 0.05) is 0 Å². The highest BCUT2D eigenvalue weighted by Crippen LogP contribution is 2.22. The Kier molecular flexibility index (Phi) is 3.70. The average molecular weight is 304 g/mol. The Morgan fingerprint density at radius 3 is 2.39 bits per heavy atom. The van der Waals surface area contributed by atoms with E-state index >= 15 is 0 Å². The second-order valence-electron chi connectivity index (χ2n) is 3.26. The summed E-state index contributed by atoms with van der Waals surface area (Å²) in [4.78, 5) is 7.49. The van der Waals surface area contributed by atoms with Gasteiger partial charge in [0.2, 0.25) is 0 Å². The Morgan fingerprint density at radius 2 is 1.78 bits per heavy atom. The zero-order valence-electron chi connectivity index (χ0n) is 8.84. The monoisotopic (exact) mass is 303 g/mol. The first kappa shape index (κ1) is 13.1. The molecule has 1 aromatic carbocycles. The van der Waals surface area contributed by atoms with Crippen molar-refractivity contribution in [1.82, 2.24) is 9.97 Å². The third-order valence-corrected chi connectivity index (χ3v) is 4.04. The first-order chi connectivity index (χ1) is 8.49. The predicted octanol–water partition coefficient (Wildman–Crippen LogP) is 2.58. The summed E-state index contributed by atoms with van der Waals surface area (Å²) in [6, 6.07) is 6.11. The van der Waals surface area contributed by atoms with E-state index in [1.165, 1.54) is 24.5 Å². The molecule has 0 unspecified atom stereocenters. The van der Waals surface area contributed by atoms with Crippen molar-refractivity contribution in [2.24, 2.45) is 0 Å². The molecule has 5 nitrogen and oxygen atoms in total. The van der Waals surface area contributed by atoms with Gasteiger partial charge in [0.25, 0.3) is 10.0 Å². The van der Waals surface area contributed by atoms with E-state index in [0.717, 1.165) is 0 Å². The van der Waals surface area contributed by atoms with Gasteiger partial charge in [0.15, 0.2) is 5.82 Å². The Balaban J connectivity index is 2.33. The lowest BCUT2D eigenvalue weighted by molar-refractivity contribution is 0.601. The Hall–Kier alpha value is -1.37. The molecular formula is C10H7Cl2N3O2S. The van der Waals surface area contributed by atoms with E-state index in [4.69, 9.17) is 23.2 Å². The molecule has 2 rings (SSSR count). The molecule has 8 heteroatoms. The standard InChI is InChI=1S/C10H7Cl2N3O2S/c11-7-3-1-2-4-8(7)18(16,17)15-10-6-13-9(12)5-14-10/h1-6H,(H,14,15). The van der Waals surface area contributed by atoms with Crippen LogP contribution in [0, 0.1) is 0 Å². The van der Waals surface area contributed by atoms with E-state index in [-0.39, 0.29) is 20.9 Å². The number of hydrogen-bond donors (Lipinski definition) is 1. The average Bonchev–Trinajstić information content (AvgIpc) is 2.32. The zero-order valence-corrected chi connectivity index (χ0v) is 11.2. The first-order valence-electron chi connectivity index (χ1n) is 4.74. The van der Waals surface area contributed by atoms with E-state index in [1.54, 1.807) is 12.1 Å². The van der Waals surface area contributed by atoms with E-state index < -0.39 is 10.0 Å². The quantitative estimate of drug-likeness (QED) is 0.946. The normalized spacial score (nSPS) is 11.2. The van der Waals surface area contributed by atoms with Crippen molar-refractivity contribution in [3.63, 3.8) is 0 Å². The molecular weight excluding hydrogens is 297 g/mol. The molecule has 0 atom stereocenters. The van der Waals surface area contributed by atoms with Crippen molar-refractivity contribution in [3.8, 4) is 0 Å². The van der Waals surface area contributed by atoms with Gasteiger partial charge in [-0.3, -0.25) is 4.72 Å². The molecule has 0 saturated heterocycles. The fraction of sp³-hybridized carbons (Fsp3) is 0. The molecule has 0 aliphatic rings. The van der Waals surface area contributed by atoms with E-state index in [1.807, 2.05) is 0 Å². The second kappa shape index (κ2) is 5.09. The third kappa shape index (κ3) is 2.90. The summed E-state index contributed by atoms with van der Waals surface area (Å²) in [5, 5.41) is 0.308. The second-order valence-corrected chi connectivity index (χ2v) is 5.71. The summed E-state index contributed by atoms with van der Waals surface area (Å²) >= 11 is 11.4. The van der Waals surface area contributed by atoms with Crippen molar-refractivity contribution in [1.29, 1.82) is 0 Å². The maximum absolute atomic E-state index is 12.0. The minimum Gasteiger partial charge on any atom is -0.262 e. The summed E-state index contributed by atoms with van der Waals surface area (Å²) in [6.07, 6.45) is 2.46. The predicted molar refractivity (Wildman–Crippen MR) is 69.3 cm³/mol. The van der Waals surface area contributed by atoms with Crippen LogP contribution in [-0.4, -0.2) is 18.4 Å². The first-order valence-corrected chi connectivity index (χ1v) is 6.98. The minimum atomic E-state index is -3.78. The highest BCUT2D eigenvalue weighted by molar-refractivity contribution is 7.92. The Morgan fingerprint density at radius 1 is 1.06 bits per heavy atom. The minimum absolute atomic E-state index is 0.0246. The molecule has 0 bridgehead atoms. The molecule has 0 fully saturated rings. The van der Waals surface area contributed by atoms with Crippen molar-refractivity contribution >= 4 is 39.0 Å². The number of aromatic nitrogens is 2. The van der Waals surface area contributed by atoms with Gasteiger partial charge in [-0.1, -0.05) is 35.3 Å². The van der Waals surface area contributed by atoms with Crippen LogP contribution in [-0.2, 0) is 10.0 Å². The van der Waals surface area contributed by atoms with Crippen LogP contribution in [0.4, 0.5) is 5.82 Å². The topological polar surface area (TPSA) is 72.0 Å². The molecule has 0 radical (unpaired) electrons. The van der Waals surface area contributed by atoms with Crippen molar-refractivity contribution in [2.75, 3.05) is 4.72 Å². The maximum atomic E-state index is 12.0. The number of nitrogens with zero attached hydrogens (tertiary/aromatic N) is 2. The van der Waals surface area contributed by atoms with Gasteiger partial charge in [-0.25, -0.2) is 18.4 Å². The molecule has 0 amide bonds. The number of nitrogens with one attached hydrogen (secondary N) is 1. The molecule has 0 aliphatic heterocycles. The van der Waals surface area contributed by atoms with Crippen molar-refractivity contribution in [3.05, 3.63) is 46.8 Å². The van der Waals surface area contributed by atoms with Crippen LogP contribution in [0.25, 0.3) is 0 Å². The fourth-order valence-corrected chi connectivity index (χ4v) is 2.83. The van der Waals surface area contributed by atoms with Crippen LogP contribution in [0.15, 0.2) is 41.6 Å². The number of sulfonamides is 1. The molecule has 2 aromatic rings. The summed E-state index contributed by atoms with van der Waals surface area (Å²) in [6.45, 7) is 0. The lowest BCUT2D eigenvalue weighted by atomic mass is 10.4. The number of halogens is 2. The molecule has 1 heterocycles. The van der Waals surface area contributed by atoms with Crippen LogP contribution < -0.4 is 4.72 Å². The molecule has 0 spiro atoms. The third-order valence-electron chi connectivity index (χ3n) is 1.99. The molecule has 0 saturated carbocycles. The smallest absolute Gasteiger partial charge is 0.262 e. The van der Waals surface area contributed by atoms with Gasteiger partial charge in [-0.05, 0) is 12.1 Å². The number of hydrogen-bond acceptors (Lipinski definition) is 4. The highest BCUT2D eigenvalue weighted by Gasteiger charge is 2.17. The van der Waals surface area contributed by atoms with Gasteiger partial charge in [-0.15, -0.1) is 0 Å². The zero-order chi connectivity index (χ0) is 13.2. The van der Waals surface area contributed by atoms with Crippen LogP contribution in [0.2, 0.25) is 10.2 Å². The molecule has 1 N–H and O–H groups in total. The van der Waals surface area contributed by atoms with E-state index in [2.05, 4.69) is 14.7 Å². The Labute approximate surface area is 114 Å². The van der Waals surface area contributed by atoms with Crippen molar-refractivity contribution in [2.45, 2.75) is 4.90 Å². The summed E-state index contributed by atoms with van der Waals surface area (Å²) in [5.41, 5.74) is 0. The van der Waals surface area contributed by atoms with Crippen molar-refractivity contribution < 1.29 is 8.42 Å². The lowest BCUT2D eigenvalue weighted by Gasteiger charge is -2.07. The SMILES string of the molecule is O=S(=O)(Nc1cnc(Cl)cn1)c1ccccc1Cl. The fourth-order valence-electron chi connectivity index (χ4n) is 1.22. The van der Waals surface area contributed by atoms with Gasteiger partial charge in [0.1, 0.15) is 10.0 Å².